The van der Waals surface area contributed by atoms with E-state index in [4.69, 9.17) is 11.0 Å². The average Bonchev–Trinajstić information content (AvgIpc) is 3.33. The molecular formula is C26H18F3N7O2. The molecule has 0 radical (unpaired) electrons. The maximum atomic E-state index is 13.2. The molecule has 1 aliphatic heterocycles. The van der Waals surface area contributed by atoms with Gasteiger partial charge >= 0.3 is 12.2 Å². The molecule has 0 amide bonds. The molecule has 1 atom stereocenters. The van der Waals surface area contributed by atoms with Gasteiger partial charge in [-0.1, -0.05) is 59.7 Å². The number of nitrogens with one attached hydrogen (secondary N) is 2. The van der Waals surface area contributed by atoms with E-state index in [1.54, 1.807) is 0 Å². The molecule has 2 N–H and O–H groups in total. The van der Waals surface area contributed by atoms with E-state index < -0.39 is 17.9 Å². The van der Waals surface area contributed by atoms with Gasteiger partial charge in [-0.25, -0.2) is 11.6 Å². The number of carbonyl (C=O) groups is 1. The van der Waals surface area contributed by atoms with E-state index in [2.05, 4.69) is 35.7 Å². The number of Topliss-reactive ketones (excluding diaryl/α,β-unsaturated/α-hetero) is 1. The van der Waals surface area contributed by atoms with Gasteiger partial charge in [-0.05, 0) is 11.6 Å². The lowest BCUT2D eigenvalue weighted by Crippen LogP contribution is -2.29. The van der Waals surface area contributed by atoms with E-state index in [9.17, 15) is 18.0 Å². The fourth-order valence-corrected chi connectivity index (χ4v) is 3.94. The van der Waals surface area contributed by atoms with Crippen molar-refractivity contribution in [3.8, 4) is 11.6 Å². The molecule has 2 aromatic heterocycles. The Morgan fingerprint density at radius 3 is 2.61 bits per heavy atom. The summed E-state index contributed by atoms with van der Waals surface area (Å²) in [5.41, 5.74) is 1.90. The normalized spacial score (nSPS) is 15.2. The van der Waals surface area contributed by atoms with Crippen LogP contribution in [0.4, 0.5) is 24.9 Å². The Kier molecular flexibility index (Phi) is 6.57. The molecule has 0 spiro atoms. The fourth-order valence-electron chi connectivity index (χ4n) is 3.94. The molecule has 2 aromatic carbocycles. The van der Waals surface area contributed by atoms with Crippen LogP contribution in [0, 0.1) is 6.57 Å². The topological polar surface area (TPSA) is 110 Å². The van der Waals surface area contributed by atoms with Gasteiger partial charge in [-0.15, -0.1) is 5.10 Å². The summed E-state index contributed by atoms with van der Waals surface area (Å²) in [5.74, 6) is -0.444. The van der Waals surface area contributed by atoms with E-state index >= 15 is 0 Å². The molecular weight excluding hydrogens is 499 g/mol. The first-order chi connectivity index (χ1) is 18.3. The predicted molar refractivity (Wildman–Crippen MR) is 132 cm³/mol. The summed E-state index contributed by atoms with van der Waals surface area (Å²) in [6.45, 7) is 6.64. The van der Waals surface area contributed by atoms with Crippen LogP contribution < -0.4 is 10.6 Å². The average molecular weight is 517 g/mol. The Labute approximate surface area is 214 Å². The number of aromatic nitrogens is 3. The predicted octanol–water partition coefficient (Wildman–Crippen LogP) is 4.84. The number of hydrogen-bond donors (Lipinski definition) is 2. The number of rotatable bonds is 6. The molecule has 0 saturated heterocycles. The largest absolute Gasteiger partial charge is 0.417 e. The summed E-state index contributed by atoms with van der Waals surface area (Å²) in [6.07, 6.45) is -4.95. The van der Waals surface area contributed by atoms with Crippen LogP contribution in [-0.2, 0) is 17.4 Å². The van der Waals surface area contributed by atoms with Gasteiger partial charge in [0.1, 0.15) is 0 Å². The van der Waals surface area contributed by atoms with Crippen LogP contribution >= 0.6 is 0 Å². The number of benzene rings is 2. The first kappa shape index (κ1) is 24.6. The highest BCUT2D eigenvalue weighted by atomic mass is 19.4. The second-order valence-corrected chi connectivity index (χ2v) is 8.21. The van der Waals surface area contributed by atoms with Crippen molar-refractivity contribution < 1.29 is 22.4 Å². The minimum Gasteiger partial charge on any atom is -0.402 e. The molecule has 0 aliphatic carbocycles. The molecule has 1 aliphatic rings. The quantitative estimate of drug-likeness (QED) is 0.352. The fraction of sp³-hybridized carbons (Fsp3) is 0.154. The molecule has 0 saturated carbocycles. The maximum absolute atomic E-state index is 13.2. The molecule has 0 unspecified atom stereocenters. The van der Waals surface area contributed by atoms with Gasteiger partial charge < -0.3 is 15.1 Å². The lowest BCUT2D eigenvalue weighted by atomic mass is 9.96. The molecule has 4 aromatic rings. The first-order valence-corrected chi connectivity index (χ1v) is 11.3. The highest BCUT2D eigenvalue weighted by Gasteiger charge is 2.33. The van der Waals surface area contributed by atoms with Gasteiger partial charge in [0.25, 0.3) is 12.6 Å². The number of aliphatic imine (C=N–C) groups is 1. The van der Waals surface area contributed by atoms with Crippen molar-refractivity contribution in [2.75, 3.05) is 17.3 Å². The molecule has 5 rings (SSSR count). The van der Waals surface area contributed by atoms with E-state index in [1.807, 2.05) is 54.6 Å². The number of hydrogen-bond acceptors (Lipinski definition) is 8. The van der Waals surface area contributed by atoms with Crippen LogP contribution in [0.1, 0.15) is 22.3 Å². The highest BCUT2D eigenvalue weighted by molar-refractivity contribution is 6.16. The van der Waals surface area contributed by atoms with E-state index in [0.29, 0.717) is 11.9 Å². The molecule has 3 heterocycles. The third-order valence-electron chi connectivity index (χ3n) is 5.70. The molecule has 9 nitrogen and oxygen atoms in total. The lowest BCUT2D eigenvalue weighted by Gasteiger charge is -2.12. The van der Waals surface area contributed by atoms with Crippen LogP contribution in [0.25, 0.3) is 16.4 Å². The minimum absolute atomic E-state index is 0.0738. The molecule has 190 valence electrons. The number of halogens is 3. The number of ketones is 1. The van der Waals surface area contributed by atoms with Crippen LogP contribution in [0.2, 0.25) is 0 Å². The highest BCUT2D eigenvalue weighted by Crippen LogP contribution is 2.34. The summed E-state index contributed by atoms with van der Waals surface area (Å²) in [7, 11) is 0. The van der Waals surface area contributed by atoms with Gasteiger partial charge in [0, 0.05) is 23.7 Å². The van der Waals surface area contributed by atoms with Gasteiger partial charge in [0.2, 0.25) is 0 Å². The smallest absolute Gasteiger partial charge is 0.402 e. The van der Waals surface area contributed by atoms with E-state index in [0.717, 1.165) is 22.8 Å². The number of anilines is 2. The standard InChI is InChI=1S/C26H18F3N7O2/c1-30-14-32-19-12-17(26(27,28)29)13-31-22(19)24-35-36-25(38-24)34-23-20(37)11-16-9-5-6-10-18(16)21(33-23)15-7-3-2-4-8-15/h2-10,12-13,23,32H,11,14H2,(H,34,36)/t23-/m1/s1. The van der Waals surface area contributed by atoms with Gasteiger partial charge in [-0.2, -0.15) is 13.2 Å². The van der Waals surface area contributed by atoms with E-state index in [-0.39, 0.29) is 42.2 Å². The lowest BCUT2D eigenvalue weighted by molar-refractivity contribution is -0.137. The zero-order valence-corrected chi connectivity index (χ0v) is 19.5. The van der Waals surface area contributed by atoms with Gasteiger partial charge in [-0.3, -0.25) is 14.6 Å². The Morgan fingerprint density at radius 2 is 1.84 bits per heavy atom. The number of carbonyl (C=O) groups excluding carboxylic acids is 1. The Hall–Kier alpha value is -5.05. The van der Waals surface area contributed by atoms with Crippen molar-refractivity contribution in [3.05, 3.63) is 101 Å². The van der Waals surface area contributed by atoms with Crippen molar-refractivity contribution in [2.45, 2.75) is 18.8 Å². The Morgan fingerprint density at radius 1 is 1.08 bits per heavy atom. The third-order valence-corrected chi connectivity index (χ3v) is 5.70. The van der Waals surface area contributed by atoms with Crippen molar-refractivity contribution in [3.63, 3.8) is 0 Å². The van der Waals surface area contributed by atoms with Crippen LogP contribution in [0.3, 0.4) is 0 Å². The van der Waals surface area contributed by atoms with Gasteiger partial charge in [0.15, 0.2) is 17.6 Å². The zero-order valence-electron chi connectivity index (χ0n) is 19.5. The minimum atomic E-state index is -4.63. The third kappa shape index (κ3) is 5.08. The van der Waals surface area contributed by atoms with Crippen molar-refractivity contribution in [1.29, 1.82) is 0 Å². The van der Waals surface area contributed by atoms with Gasteiger partial charge in [0.05, 0.1) is 17.0 Å². The van der Waals surface area contributed by atoms with Crippen molar-refractivity contribution >= 4 is 23.2 Å². The van der Waals surface area contributed by atoms with Crippen molar-refractivity contribution in [2.24, 2.45) is 4.99 Å². The molecule has 12 heteroatoms. The summed E-state index contributed by atoms with van der Waals surface area (Å²) < 4.78 is 45.1. The number of nitrogens with zero attached hydrogens (tertiary/aromatic N) is 5. The van der Waals surface area contributed by atoms with Crippen LogP contribution in [0.15, 0.2) is 76.3 Å². The van der Waals surface area contributed by atoms with E-state index in [1.165, 1.54) is 0 Å². The van der Waals surface area contributed by atoms with Crippen LogP contribution in [0.5, 0.6) is 0 Å². The van der Waals surface area contributed by atoms with Crippen molar-refractivity contribution in [1.82, 2.24) is 15.2 Å². The molecule has 0 fully saturated rings. The second kappa shape index (κ2) is 10.1. The SMILES string of the molecule is [C-]#[N+]CNc1cc(C(F)(F)F)cnc1-c1nnc(N[C@H]2N=C(c3ccccc3)c3ccccc3CC2=O)o1. The number of pyridine rings is 1. The molecule has 38 heavy (non-hydrogen) atoms. The Bertz CT molecular complexity index is 1560. The summed E-state index contributed by atoms with van der Waals surface area (Å²) in [5, 5.41) is 13.2. The number of fused-ring (bicyclic) bond motifs is 1. The summed E-state index contributed by atoms with van der Waals surface area (Å²) >= 11 is 0. The summed E-state index contributed by atoms with van der Waals surface area (Å²) in [4.78, 5) is 24.7. The number of alkyl halides is 3. The maximum Gasteiger partial charge on any atom is 0.417 e. The monoisotopic (exact) mass is 517 g/mol. The zero-order chi connectivity index (χ0) is 26.7. The summed E-state index contributed by atoms with van der Waals surface area (Å²) in [6, 6.07) is 17.5. The first-order valence-electron chi connectivity index (χ1n) is 11.3. The second-order valence-electron chi connectivity index (χ2n) is 8.21. The molecule has 0 bridgehead atoms. The van der Waals surface area contributed by atoms with Crippen LogP contribution in [-0.4, -0.2) is 39.5 Å². The Balaban J connectivity index is 1.48.